The first-order valence-electron chi connectivity index (χ1n) is 12.9. The van der Waals surface area contributed by atoms with Gasteiger partial charge in [-0.05, 0) is 38.5 Å². The van der Waals surface area contributed by atoms with Crippen molar-refractivity contribution >= 4 is 23.8 Å². The van der Waals surface area contributed by atoms with E-state index in [0.717, 1.165) is 32.8 Å². The third-order valence-corrected chi connectivity index (χ3v) is 7.72. The number of esters is 2. The highest BCUT2D eigenvalue weighted by Crippen LogP contribution is 2.48. The predicted octanol–water partition coefficient (Wildman–Crippen LogP) is -0.0863. The molecule has 2 N–H and O–H groups in total. The molecule has 3 aliphatic carbocycles. The van der Waals surface area contributed by atoms with E-state index >= 15 is 0 Å². The number of aliphatic hydroxyl groups excluding tert-OH is 1. The van der Waals surface area contributed by atoms with Crippen LogP contribution in [0.2, 0.25) is 0 Å². The van der Waals surface area contributed by atoms with Crippen molar-refractivity contribution in [2.75, 3.05) is 80.0 Å². The molecule has 12 heteroatoms. The number of carboxylic acid groups (broad SMARTS) is 1. The van der Waals surface area contributed by atoms with Gasteiger partial charge in [-0.1, -0.05) is 0 Å². The quantitative estimate of drug-likeness (QED) is 0.337. The van der Waals surface area contributed by atoms with Crippen LogP contribution >= 0.6 is 0 Å². The van der Waals surface area contributed by atoms with Gasteiger partial charge in [0.05, 0.1) is 40.6 Å². The summed E-state index contributed by atoms with van der Waals surface area (Å²) < 4.78 is 19.4. The summed E-state index contributed by atoms with van der Waals surface area (Å²) in [6.45, 7) is 7.53. The Morgan fingerprint density at radius 1 is 0.757 bits per heavy atom. The van der Waals surface area contributed by atoms with Crippen LogP contribution in [0.4, 0.5) is 0 Å². The van der Waals surface area contributed by atoms with Crippen LogP contribution in [-0.2, 0) is 38.1 Å². The van der Waals surface area contributed by atoms with Gasteiger partial charge >= 0.3 is 17.9 Å². The molecule has 5 fully saturated rings. The van der Waals surface area contributed by atoms with Crippen molar-refractivity contribution in [1.29, 1.82) is 0 Å². The summed E-state index contributed by atoms with van der Waals surface area (Å²) in [5.74, 6) is -2.17. The zero-order valence-corrected chi connectivity index (χ0v) is 21.9. The summed E-state index contributed by atoms with van der Waals surface area (Å²) in [4.78, 5) is 48.8. The normalized spacial score (nSPS) is 24.1. The van der Waals surface area contributed by atoms with Crippen molar-refractivity contribution in [2.45, 2.75) is 38.5 Å². The van der Waals surface area contributed by atoms with Crippen LogP contribution in [0.3, 0.4) is 0 Å². The van der Waals surface area contributed by atoms with Crippen molar-refractivity contribution < 1.29 is 48.3 Å². The molecular weight excluding hydrogens is 488 g/mol. The number of ether oxygens (including phenoxy) is 4. The highest BCUT2D eigenvalue weighted by molar-refractivity contribution is 6.05. The van der Waals surface area contributed by atoms with Gasteiger partial charge in [0, 0.05) is 44.7 Å². The molecule has 37 heavy (non-hydrogen) atoms. The summed E-state index contributed by atoms with van der Waals surface area (Å²) in [5.41, 5.74) is -1.77. The van der Waals surface area contributed by atoms with Gasteiger partial charge < -0.3 is 34.1 Å². The maximum absolute atomic E-state index is 12.1. The lowest BCUT2D eigenvalue weighted by molar-refractivity contribution is -0.160. The second kappa shape index (κ2) is 12.5. The number of aliphatic hydroxyl groups is 1. The number of carbonyl (C=O) groups is 4. The number of carbonyl (C=O) groups excluding carboxylic acids is 3. The number of methoxy groups -OCH3 is 2. The molecule has 0 radical (unpaired) electrons. The largest absolute Gasteiger partial charge is 0.480 e. The lowest BCUT2D eigenvalue weighted by Gasteiger charge is -2.29. The molecule has 0 bridgehead atoms. The highest BCUT2D eigenvalue weighted by Gasteiger charge is 2.59. The minimum absolute atomic E-state index is 0.0855. The average molecular weight is 529 g/mol. The molecule has 3 saturated carbocycles. The van der Waals surface area contributed by atoms with Gasteiger partial charge in [-0.15, -0.1) is 0 Å². The summed E-state index contributed by atoms with van der Waals surface area (Å²) >= 11 is 0. The minimum Gasteiger partial charge on any atom is -0.480 e. The van der Waals surface area contributed by atoms with Crippen LogP contribution in [0.1, 0.15) is 38.5 Å². The fourth-order valence-corrected chi connectivity index (χ4v) is 4.50. The van der Waals surface area contributed by atoms with Crippen LogP contribution in [0.5, 0.6) is 0 Å². The standard InChI is InChI=1S/C10H15NO4.C9H17NO2.C6H8O4/c1-14-9(13)10(2-3-10)8(12)11-4-6-15-7-5-11;11-8-9(1-2-9)7-10-3-5-12-6-4-10;1-10-5(9)6(2-3-6)4(7)8/h2-7H2,1H3;11H,1-8H2;2-3H2,1H3,(H,7,8). The van der Waals surface area contributed by atoms with E-state index < -0.39 is 22.8 Å². The lowest BCUT2D eigenvalue weighted by atomic mass is 10.1. The number of amides is 1. The molecular formula is C25H40N2O10. The van der Waals surface area contributed by atoms with Crippen LogP contribution in [0, 0.1) is 16.2 Å². The van der Waals surface area contributed by atoms with E-state index in [9.17, 15) is 19.2 Å². The van der Waals surface area contributed by atoms with Crippen LogP contribution in [0.15, 0.2) is 0 Å². The molecule has 0 atom stereocenters. The first-order valence-corrected chi connectivity index (χ1v) is 12.9. The fraction of sp³-hybridized carbons (Fsp3) is 0.840. The number of hydrogen-bond acceptors (Lipinski definition) is 10. The van der Waals surface area contributed by atoms with Gasteiger partial charge in [0.2, 0.25) is 5.91 Å². The van der Waals surface area contributed by atoms with Gasteiger partial charge in [-0.25, -0.2) is 0 Å². The SMILES string of the molecule is COC(=O)C1(C(=O)N2CCOCC2)CC1.COC(=O)C1(C(=O)O)CC1.OCC1(CN2CCOCC2)CC1. The van der Waals surface area contributed by atoms with Crippen molar-refractivity contribution in [3.8, 4) is 0 Å². The highest BCUT2D eigenvalue weighted by atomic mass is 16.5. The molecule has 0 aromatic heterocycles. The summed E-state index contributed by atoms with van der Waals surface area (Å²) in [5, 5.41) is 17.6. The second-order valence-corrected chi connectivity index (χ2v) is 10.4. The Bertz CT molecular complexity index is 823. The van der Waals surface area contributed by atoms with Crippen molar-refractivity contribution in [3.63, 3.8) is 0 Å². The van der Waals surface area contributed by atoms with Crippen LogP contribution in [-0.4, -0.2) is 124 Å². The van der Waals surface area contributed by atoms with Crippen molar-refractivity contribution in [2.24, 2.45) is 16.2 Å². The number of nitrogens with zero attached hydrogens (tertiary/aromatic N) is 2. The number of carboxylic acids is 1. The lowest BCUT2D eigenvalue weighted by Crippen LogP contribution is -2.46. The summed E-state index contributed by atoms with van der Waals surface area (Å²) in [6.07, 6.45) is 4.48. The third kappa shape index (κ3) is 7.18. The maximum Gasteiger partial charge on any atom is 0.323 e. The Kier molecular flexibility index (Phi) is 9.90. The molecule has 210 valence electrons. The van der Waals surface area contributed by atoms with Crippen LogP contribution in [0.25, 0.3) is 0 Å². The Balaban J connectivity index is 0.000000158. The molecule has 2 heterocycles. The molecule has 2 saturated heterocycles. The van der Waals surface area contributed by atoms with Crippen molar-refractivity contribution in [3.05, 3.63) is 0 Å². The topological polar surface area (TPSA) is 152 Å². The molecule has 0 spiro atoms. The van der Waals surface area contributed by atoms with E-state index in [4.69, 9.17) is 19.7 Å². The monoisotopic (exact) mass is 528 g/mol. The number of rotatable bonds is 7. The smallest absolute Gasteiger partial charge is 0.323 e. The van der Waals surface area contributed by atoms with Gasteiger partial charge in [0.25, 0.3) is 0 Å². The van der Waals surface area contributed by atoms with Crippen molar-refractivity contribution in [1.82, 2.24) is 9.80 Å². The third-order valence-electron chi connectivity index (χ3n) is 7.72. The van der Waals surface area contributed by atoms with Crippen LogP contribution < -0.4 is 0 Å². The summed E-state index contributed by atoms with van der Waals surface area (Å²) in [6, 6.07) is 0. The molecule has 5 rings (SSSR count). The Hall–Kier alpha value is -2.28. The van der Waals surface area contributed by atoms with E-state index in [1.165, 1.54) is 27.1 Å². The molecule has 2 aliphatic heterocycles. The van der Waals surface area contributed by atoms with Gasteiger partial charge in [0.15, 0.2) is 5.41 Å². The van der Waals surface area contributed by atoms with E-state index in [1.54, 1.807) is 4.90 Å². The Labute approximate surface area is 217 Å². The molecule has 5 aliphatic rings. The first-order chi connectivity index (χ1) is 17.7. The Morgan fingerprint density at radius 2 is 1.22 bits per heavy atom. The number of aliphatic carboxylic acids is 1. The molecule has 0 unspecified atom stereocenters. The Morgan fingerprint density at radius 3 is 1.57 bits per heavy atom. The van der Waals surface area contributed by atoms with Gasteiger partial charge in [0.1, 0.15) is 5.41 Å². The van der Waals surface area contributed by atoms with Gasteiger partial charge in [-0.2, -0.15) is 0 Å². The van der Waals surface area contributed by atoms with E-state index in [2.05, 4.69) is 14.4 Å². The van der Waals surface area contributed by atoms with Gasteiger partial charge in [-0.3, -0.25) is 24.1 Å². The molecule has 12 nitrogen and oxygen atoms in total. The zero-order chi connectivity index (χ0) is 27.1. The average Bonchev–Trinajstić information content (AvgIpc) is 3.80. The van der Waals surface area contributed by atoms with E-state index in [-0.39, 0.29) is 17.3 Å². The zero-order valence-electron chi connectivity index (χ0n) is 21.9. The summed E-state index contributed by atoms with van der Waals surface area (Å²) in [7, 11) is 2.53. The van der Waals surface area contributed by atoms with E-state index in [0.29, 0.717) is 58.6 Å². The number of hydrogen-bond donors (Lipinski definition) is 2. The van der Waals surface area contributed by atoms with E-state index in [1.807, 2.05) is 0 Å². The molecule has 0 aromatic rings. The second-order valence-electron chi connectivity index (χ2n) is 10.4. The predicted molar refractivity (Wildman–Crippen MR) is 128 cm³/mol. The maximum atomic E-state index is 12.1. The molecule has 0 aromatic carbocycles. The number of morpholine rings is 2. The minimum atomic E-state index is -1.19. The molecule has 1 amide bonds. The fourth-order valence-electron chi connectivity index (χ4n) is 4.50. The first kappa shape index (κ1) is 29.3.